The first-order chi connectivity index (χ1) is 23.3. The number of hydrogen-bond donors (Lipinski definition) is 0. The van der Waals surface area contributed by atoms with Crippen LogP contribution < -0.4 is 4.90 Å². The second-order valence-electron chi connectivity index (χ2n) is 12.1. The van der Waals surface area contributed by atoms with E-state index in [4.69, 9.17) is 0 Å². The molecule has 0 amide bonds. The molecule has 47 heavy (non-hydrogen) atoms. The van der Waals surface area contributed by atoms with Crippen LogP contribution in [0.15, 0.2) is 164 Å². The van der Waals surface area contributed by atoms with Crippen molar-refractivity contribution in [3.05, 3.63) is 164 Å². The molecule has 1 nitrogen and oxygen atoms in total. The van der Waals surface area contributed by atoms with Crippen LogP contribution in [0.4, 0.5) is 17.1 Å². The first-order valence-electron chi connectivity index (χ1n) is 15.9. The van der Waals surface area contributed by atoms with Crippen molar-refractivity contribution in [2.24, 2.45) is 0 Å². The smallest absolute Gasteiger partial charge is 0.0468 e. The third-order valence-electron chi connectivity index (χ3n) is 9.42. The average Bonchev–Trinajstić information content (AvgIpc) is 3.70. The topological polar surface area (TPSA) is 3.24 Å². The maximum Gasteiger partial charge on any atom is 0.0468 e. The Morgan fingerprint density at radius 1 is 0.319 bits per heavy atom. The summed E-state index contributed by atoms with van der Waals surface area (Å²) in [6.07, 6.45) is 0. The summed E-state index contributed by atoms with van der Waals surface area (Å²) in [5.74, 6) is 0. The maximum atomic E-state index is 2.46. The van der Waals surface area contributed by atoms with Crippen molar-refractivity contribution < 1.29 is 0 Å². The number of nitrogens with zero attached hydrogens (tertiary/aromatic N) is 1. The molecule has 220 valence electrons. The van der Waals surface area contributed by atoms with Gasteiger partial charge in [-0.2, -0.15) is 0 Å². The van der Waals surface area contributed by atoms with Crippen LogP contribution in [0.5, 0.6) is 0 Å². The van der Waals surface area contributed by atoms with Crippen LogP contribution in [0.25, 0.3) is 73.0 Å². The molecule has 10 aromatic rings. The molecule has 0 fully saturated rings. The monoisotopic (exact) mass is 633 g/mol. The summed E-state index contributed by atoms with van der Waals surface area (Å²) in [4.78, 5) is 2.38. The van der Waals surface area contributed by atoms with Crippen molar-refractivity contribution >= 4 is 102 Å². The van der Waals surface area contributed by atoms with Crippen molar-refractivity contribution in [2.45, 2.75) is 0 Å². The molecule has 3 heteroatoms. The van der Waals surface area contributed by atoms with Gasteiger partial charge in [0.1, 0.15) is 0 Å². The lowest BCUT2D eigenvalue weighted by molar-refractivity contribution is 1.30. The first kappa shape index (κ1) is 26.7. The Bertz CT molecular complexity index is 2810. The van der Waals surface area contributed by atoms with E-state index in [1.807, 2.05) is 22.7 Å². The first-order valence-corrected chi connectivity index (χ1v) is 17.6. The van der Waals surface area contributed by atoms with Gasteiger partial charge in [0, 0.05) is 68.4 Å². The predicted molar refractivity (Wildman–Crippen MR) is 207 cm³/mol. The molecule has 0 atom stereocenters. The number of para-hydroxylation sites is 1. The van der Waals surface area contributed by atoms with Crippen LogP contribution in [-0.4, -0.2) is 0 Å². The molecule has 8 aromatic carbocycles. The van der Waals surface area contributed by atoms with Gasteiger partial charge in [0.25, 0.3) is 0 Å². The van der Waals surface area contributed by atoms with Gasteiger partial charge in [0.15, 0.2) is 0 Å². The molecule has 0 aliphatic rings. The van der Waals surface area contributed by atoms with E-state index in [2.05, 4.69) is 169 Å². The van der Waals surface area contributed by atoms with Crippen molar-refractivity contribution in [1.29, 1.82) is 0 Å². The van der Waals surface area contributed by atoms with Gasteiger partial charge in [0.05, 0.1) is 0 Å². The van der Waals surface area contributed by atoms with Gasteiger partial charge in [-0.25, -0.2) is 0 Å². The molecule has 0 saturated carbocycles. The zero-order chi connectivity index (χ0) is 30.9. The molecule has 0 aliphatic carbocycles. The molecule has 0 unspecified atom stereocenters. The molecule has 0 spiro atoms. The molecule has 0 radical (unpaired) electrons. The number of hydrogen-bond acceptors (Lipinski definition) is 3. The summed E-state index contributed by atoms with van der Waals surface area (Å²) in [6, 6.07) is 60.1. The van der Waals surface area contributed by atoms with Crippen LogP contribution in [-0.2, 0) is 0 Å². The summed E-state index contributed by atoms with van der Waals surface area (Å²) in [5.41, 5.74) is 6.05. The van der Waals surface area contributed by atoms with E-state index in [9.17, 15) is 0 Å². The molecule has 2 heterocycles. The van der Waals surface area contributed by atoms with E-state index < -0.39 is 0 Å². The minimum Gasteiger partial charge on any atom is -0.310 e. The fraction of sp³-hybridized carbons (Fsp3) is 0. The number of benzene rings is 8. The van der Waals surface area contributed by atoms with Gasteiger partial charge >= 0.3 is 0 Å². The second-order valence-corrected chi connectivity index (χ2v) is 14.2. The van der Waals surface area contributed by atoms with Gasteiger partial charge in [-0.15, -0.1) is 22.7 Å². The van der Waals surface area contributed by atoms with Crippen LogP contribution in [0.2, 0.25) is 0 Å². The summed E-state index contributed by atoms with van der Waals surface area (Å²) in [6.45, 7) is 0. The SMILES string of the molecule is c1ccc(N(c2ccc3ccccc3c2)c2ccc3sc4c5ccccc5c(-c5cccc6c5sc5ccccc56)cc4c3c2)cc1. The van der Waals surface area contributed by atoms with Crippen LogP contribution >= 0.6 is 22.7 Å². The van der Waals surface area contributed by atoms with E-state index in [-0.39, 0.29) is 0 Å². The van der Waals surface area contributed by atoms with E-state index in [1.54, 1.807) is 0 Å². The highest BCUT2D eigenvalue weighted by Gasteiger charge is 2.19. The third-order valence-corrected chi connectivity index (χ3v) is 11.9. The van der Waals surface area contributed by atoms with Crippen molar-refractivity contribution in [3.8, 4) is 11.1 Å². The predicted octanol–water partition coefficient (Wildman–Crippen LogP) is 13.9. The highest BCUT2D eigenvalue weighted by molar-refractivity contribution is 7.27. The van der Waals surface area contributed by atoms with Crippen LogP contribution in [0, 0.1) is 0 Å². The summed E-state index contributed by atoms with van der Waals surface area (Å²) in [7, 11) is 0. The Balaban J connectivity index is 1.24. The van der Waals surface area contributed by atoms with Crippen molar-refractivity contribution in [3.63, 3.8) is 0 Å². The van der Waals surface area contributed by atoms with Gasteiger partial charge in [-0.1, -0.05) is 109 Å². The fourth-order valence-electron chi connectivity index (χ4n) is 7.25. The Kier molecular flexibility index (Phi) is 5.98. The van der Waals surface area contributed by atoms with E-state index >= 15 is 0 Å². The number of anilines is 3. The minimum absolute atomic E-state index is 1.14. The molecular weight excluding hydrogens is 607 g/mol. The Hall–Kier alpha value is -5.48. The van der Waals surface area contributed by atoms with Crippen LogP contribution in [0.1, 0.15) is 0 Å². The van der Waals surface area contributed by atoms with E-state index in [1.165, 1.54) is 73.0 Å². The van der Waals surface area contributed by atoms with Crippen molar-refractivity contribution in [1.82, 2.24) is 0 Å². The highest BCUT2D eigenvalue weighted by Crippen LogP contribution is 2.47. The second kappa shape index (κ2) is 10.5. The summed E-state index contributed by atoms with van der Waals surface area (Å²) < 4.78 is 5.33. The maximum absolute atomic E-state index is 2.46. The molecule has 2 aromatic heterocycles. The summed E-state index contributed by atoms with van der Waals surface area (Å²) in [5, 5.41) is 10.4. The number of rotatable bonds is 4. The van der Waals surface area contributed by atoms with Gasteiger partial charge in [-0.3, -0.25) is 0 Å². The number of fused-ring (bicyclic) bond motifs is 9. The fourth-order valence-corrected chi connectivity index (χ4v) is 9.68. The van der Waals surface area contributed by atoms with E-state index in [0.29, 0.717) is 0 Å². The molecule has 0 aliphatic heterocycles. The normalized spacial score (nSPS) is 11.8. The van der Waals surface area contributed by atoms with E-state index in [0.717, 1.165) is 17.1 Å². The molecule has 0 saturated heterocycles. The Morgan fingerprint density at radius 2 is 0.957 bits per heavy atom. The van der Waals surface area contributed by atoms with Gasteiger partial charge in [0.2, 0.25) is 0 Å². The zero-order valence-corrected chi connectivity index (χ0v) is 27.0. The highest BCUT2D eigenvalue weighted by atomic mass is 32.1. The third kappa shape index (κ3) is 4.21. The molecular formula is C44H27NS2. The summed E-state index contributed by atoms with van der Waals surface area (Å²) >= 11 is 3.80. The average molecular weight is 634 g/mol. The van der Waals surface area contributed by atoms with Gasteiger partial charge in [-0.05, 0) is 76.3 Å². The molecule has 0 bridgehead atoms. The minimum atomic E-state index is 1.14. The Morgan fingerprint density at radius 3 is 1.85 bits per heavy atom. The quantitative estimate of drug-likeness (QED) is 0.186. The standard InChI is InChI=1S/C44H27NS2/c1-2-13-30(14-3-1)45(31-22-21-28-11-4-5-12-29(28)25-31)32-23-24-42-39(26-32)40-27-38(33-15-6-7-17-35(33)44(40)47-42)37-19-10-18-36-34-16-8-9-20-41(34)46-43(36)37/h1-27H. The lowest BCUT2D eigenvalue weighted by Crippen LogP contribution is -2.09. The molecule has 10 rings (SSSR count). The largest absolute Gasteiger partial charge is 0.310 e. The van der Waals surface area contributed by atoms with Crippen molar-refractivity contribution in [2.75, 3.05) is 4.90 Å². The zero-order valence-electron chi connectivity index (χ0n) is 25.4. The Labute approximate surface area is 280 Å². The lowest BCUT2D eigenvalue weighted by Gasteiger charge is -2.26. The molecule has 0 N–H and O–H groups in total. The van der Waals surface area contributed by atoms with Crippen LogP contribution in [0.3, 0.4) is 0 Å². The lowest BCUT2D eigenvalue weighted by atomic mass is 9.94. The number of thiophene rings is 2. The van der Waals surface area contributed by atoms with Gasteiger partial charge < -0.3 is 4.90 Å².